The minimum absolute atomic E-state index is 0.464. The standard InChI is InChI=1S/C34H28/c1-19(2)24-10-7-11-25(20(3)4)33(24)29-18-23-15-14-21-8-5-12-26-27-13-6-9-22-16-17-28(29)34(31(22)27)32(23)30(21)26/h5-20H,1-4H3. The SMILES string of the molecule is CC(C)c1cccc(C(C)C)c1-c1cc2ccc3cccc4c5cccc6ccc1c(c65)c2c34. The number of rotatable bonds is 3. The molecule has 0 saturated heterocycles. The van der Waals surface area contributed by atoms with Gasteiger partial charge in [-0.1, -0.05) is 107 Å². The summed E-state index contributed by atoms with van der Waals surface area (Å²) in [5.41, 5.74) is 5.70. The van der Waals surface area contributed by atoms with E-state index in [0.717, 1.165) is 0 Å². The zero-order valence-electron chi connectivity index (χ0n) is 20.2. The Hall–Kier alpha value is -3.64. The Morgan fingerprint density at radius 2 is 0.971 bits per heavy atom. The Balaban J connectivity index is 1.79. The maximum absolute atomic E-state index is 2.47. The molecule has 0 aliphatic carbocycles. The molecule has 0 bridgehead atoms. The maximum Gasteiger partial charge on any atom is -0.000785 e. The van der Waals surface area contributed by atoms with Crippen LogP contribution in [0.3, 0.4) is 0 Å². The van der Waals surface area contributed by atoms with Gasteiger partial charge < -0.3 is 0 Å². The summed E-state index contributed by atoms with van der Waals surface area (Å²) >= 11 is 0. The van der Waals surface area contributed by atoms with Crippen LogP contribution in [0.25, 0.3) is 65.0 Å². The van der Waals surface area contributed by atoms with Gasteiger partial charge in [-0.05, 0) is 94.0 Å². The van der Waals surface area contributed by atoms with Gasteiger partial charge in [-0.25, -0.2) is 0 Å². The fourth-order valence-corrected chi connectivity index (χ4v) is 6.40. The van der Waals surface area contributed by atoms with Crippen molar-refractivity contribution in [2.24, 2.45) is 0 Å². The van der Waals surface area contributed by atoms with Crippen LogP contribution in [0, 0.1) is 0 Å². The lowest BCUT2D eigenvalue weighted by atomic mass is 9.79. The molecule has 0 nitrogen and oxygen atoms in total. The van der Waals surface area contributed by atoms with Crippen LogP contribution in [0.5, 0.6) is 0 Å². The van der Waals surface area contributed by atoms with E-state index < -0.39 is 0 Å². The zero-order chi connectivity index (χ0) is 23.1. The van der Waals surface area contributed by atoms with E-state index in [9.17, 15) is 0 Å². The van der Waals surface area contributed by atoms with Crippen LogP contribution in [0.2, 0.25) is 0 Å². The topological polar surface area (TPSA) is 0 Å². The van der Waals surface area contributed by atoms with Gasteiger partial charge in [-0.2, -0.15) is 0 Å². The second kappa shape index (κ2) is 6.93. The predicted molar refractivity (Wildman–Crippen MR) is 150 cm³/mol. The van der Waals surface area contributed by atoms with E-state index in [1.807, 2.05) is 0 Å². The number of benzene rings is 7. The molecule has 7 aromatic carbocycles. The van der Waals surface area contributed by atoms with Crippen molar-refractivity contribution in [3.8, 4) is 11.1 Å². The van der Waals surface area contributed by atoms with Crippen molar-refractivity contribution in [2.75, 3.05) is 0 Å². The highest BCUT2D eigenvalue weighted by Gasteiger charge is 2.22. The van der Waals surface area contributed by atoms with Crippen LogP contribution in [-0.4, -0.2) is 0 Å². The van der Waals surface area contributed by atoms with Crippen molar-refractivity contribution in [1.29, 1.82) is 0 Å². The second-order valence-electron chi connectivity index (χ2n) is 10.5. The summed E-state index contributed by atoms with van der Waals surface area (Å²) in [7, 11) is 0. The summed E-state index contributed by atoms with van der Waals surface area (Å²) in [6.45, 7) is 9.29. The van der Waals surface area contributed by atoms with E-state index in [0.29, 0.717) is 11.8 Å². The minimum Gasteiger partial charge on any atom is -0.0617 e. The van der Waals surface area contributed by atoms with Crippen LogP contribution in [-0.2, 0) is 0 Å². The number of fused-ring (bicyclic) bond motifs is 1. The van der Waals surface area contributed by atoms with Gasteiger partial charge in [-0.3, -0.25) is 0 Å². The molecular weight excluding hydrogens is 408 g/mol. The molecule has 0 unspecified atom stereocenters. The van der Waals surface area contributed by atoms with Gasteiger partial charge in [0.2, 0.25) is 0 Å². The summed E-state index contributed by atoms with van der Waals surface area (Å²) in [6, 6.07) is 32.3. The normalized spacial score (nSPS) is 12.6. The first-order valence-electron chi connectivity index (χ1n) is 12.5. The van der Waals surface area contributed by atoms with Crippen molar-refractivity contribution < 1.29 is 0 Å². The largest absolute Gasteiger partial charge is 0.0617 e. The van der Waals surface area contributed by atoms with Crippen molar-refractivity contribution in [1.82, 2.24) is 0 Å². The molecule has 0 heteroatoms. The van der Waals surface area contributed by atoms with E-state index in [-0.39, 0.29) is 0 Å². The smallest absolute Gasteiger partial charge is 0.000785 e. The molecule has 0 atom stereocenters. The highest BCUT2D eigenvalue weighted by molar-refractivity contribution is 6.41. The van der Waals surface area contributed by atoms with Gasteiger partial charge in [0.15, 0.2) is 0 Å². The van der Waals surface area contributed by atoms with Gasteiger partial charge >= 0.3 is 0 Å². The summed E-state index contributed by atoms with van der Waals surface area (Å²) in [4.78, 5) is 0. The molecule has 0 spiro atoms. The fourth-order valence-electron chi connectivity index (χ4n) is 6.40. The van der Waals surface area contributed by atoms with Crippen molar-refractivity contribution in [3.05, 3.63) is 96.1 Å². The summed E-state index contributed by atoms with van der Waals surface area (Å²) in [6.07, 6.45) is 0. The summed E-state index contributed by atoms with van der Waals surface area (Å²) < 4.78 is 0. The first kappa shape index (κ1) is 19.8. The lowest BCUT2D eigenvalue weighted by Crippen LogP contribution is -2.01. The lowest BCUT2D eigenvalue weighted by Gasteiger charge is -2.24. The molecule has 0 aliphatic rings. The molecule has 34 heavy (non-hydrogen) atoms. The molecule has 7 aromatic rings. The Bertz CT molecular complexity index is 1820. The van der Waals surface area contributed by atoms with E-state index >= 15 is 0 Å². The molecule has 0 aliphatic heterocycles. The summed E-state index contributed by atoms with van der Waals surface area (Å²) in [5.74, 6) is 0.929. The van der Waals surface area contributed by atoms with E-state index in [4.69, 9.17) is 0 Å². The van der Waals surface area contributed by atoms with Crippen LogP contribution >= 0.6 is 0 Å². The third kappa shape index (κ3) is 2.49. The lowest BCUT2D eigenvalue weighted by molar-refractivity contribution is 0.838. The molecular formula is C34H28. The van der Waals surface area contributed by atoms with Gasteiger partial charge in [0, 0.05) is 0 Å². The molecule has 0 aromatic heterocycles. The van der Waals surface area contributed by atoms with E-state index in [1.54, 1.807) is 0 Å². The average Bonchev–Trinajstić information content (AvgIpc) is 2.86. The highest BCUT2D eigenvalue weighted by atomic mass is 14.3. The number of hydrogen-bond acceptors (Lipinski definition) is 0. The van der Waals surface area contributed by atoms with Crippen LogP contribution in [0.1, 0.15) is 50.7 Å². The molecule has 164 valence electrons. The van der Waals surface area contributed by atoms with E-state index in [1.165, 1.54) is 76.1 Å². The average molecular weight is 437 g/mol. The molecule has 0 amide bonds. The molecule has 0 N–H and O–H groups in total. The van der Waals surface area contributed by atoms with Crippen molar-refractivity contribution >= 4 is 53.9 Å². The van der Waals surface area contributed by atoms with Gasteiger partial charge in [0.25, 0.3) is 0 Å². The Morgan fingerprint density at radius 1 is 0.441 bits per heavy atom. The summed E-state index contributed by atoms with van der Waals surface area (Å²) in [5, 5.41) is 13.8. The van der Waals surface area contributed by atoms with Crippen molar-refractivity contribution in [2.45, 2.75) is 39.5 Å². The first-order chi connectivity index (χ1) is 16.5. The Kier molecular flexibility index (Phi) is 4.04. The maximum atomic E-state index is 2.47. The Labute approximate surface area is 200 Å². The molecule has 0 fully saturated rings. The van der Waals surface area contributed by atoms with Gasteiger partial charge in [-0.15, -0.1) is 0 Å². The van der Waals surface area contributed by atoms with Gasteiger partial charge in [0.05, 0.1) is 0 Å². The van der Waals surface area contributed by atoms with E-state index in [2.05, 4.69) is 113 Å². The molecule has 0 radical (unpaired) electrons. The highest BCUT2D eigenvalue weighted by Crippen LogP contribution is 2.49. The van der Waals surface area contributed by atoms with Crippen LogP contribution < -0.4 is 0 Å². The Morgan fingerprint density at radius 3 is 1.59 bits per heavy atom. The predicted octanol–water partition coefficient (Wildman–Crippen LogP) is 10.2. The third-order valence-corrected chi connectivity index (χ3v) is 7.90. The quantitative estimate of drug-likeness (QED) is 0.191. The third-order valence-electron chi connectivity index (χ3n) is 7.90. The van der Waals surface area contributed by atoms with Crippen LogP contribution in [0.4, 0.5) is 0 Å². The monoisotopic (exact) mass is 436 g/mol. The van der Waals surface area contributed by atoms with Gasteiger partial charge in [0.1, 0.15) is 0 Å². The molecule has 0 saturated carbocycles. The van der Waals surface area contributed by atoms with Crippen molar-refractivity contribution in [3.63, 3.8) is 0 Å². The number of hydrogen-bond donors (Lipinski definition) is 0. The van der Waals surface area contributed by atoms with Crippen LogP contribution in [0.15, 0.2) is 84.9 Å². The first-order valence-corrected chi connectivity index (χ1v) is 12.5. The zero-order valence-corrected chi connectivity index (χ0v) is 20.2. The fraction of sp³-hybridized carbons (Fsp3) is 0.176. The molecule has 0 heterocycles. The second-order valence-corrected chi connectivity index (χ2v) is 10.5. The minimum atomic E-state index is 0.464. The molecule has 7 rings (SSSR count).